The number of urea groups is 1. The first-order valence-corrected chi connectivity index (χ1v) is 11.4. The van der Waals surface area contributed by atoms with E-state index in [1.165, 1.54) is 25.3 Å². The van der Waals surface area contributed by atoms with E-state index in [0.717, 1.165) is 37.8 Å². The van der Waals surface area contributed by atoms with Gasteiger partial charge in [0.1, 0.15) is 17.1 Å². The van der Waals surface area contributed by atoms with Gasteiger partial charge in [-0.2, -0.15) is 17.6 Å². The van der Waals surface area contributed by atoms with E-state index in [0.29, 0.717) is 6.07 Å². The number of rotatable bonds is 9. The molecule has 1 atom stereocenters. The van der Waals surface area contributed by atoms with Gasteiger partial charge in [-0.05, 0) is 42.7 Å². The molecule has 1 saturated carbocycles. The summed E-state index contributed by atoms with van der Waals surface area (Å²) < 4.78 is 71.3. The van der Waals surface area contributed by atoms with Gasteiger partial charge in [0, 0.05) is 25.2 Å². The molecular formula is C23H24ClF5N4O3. The summed E-state index contributed by atoms with van der Waals surface area (Å²) >= 11 is 5.94. The number of carbonyl (C=O) groups excluding carboxylic acids is 2. The topological polar surface area (TPSA) is 92.4 Å². The SMILES string of the molecule is CC(=O)NCC(NC(=O)NC1CCCC1)(c1cc(F)cc(OC(F)(F)C(F)F)c1)c1ccc(Cl)cn1. The highest BCUT2D eigenvalue weighted by Gasteiger charge is 2.45. The van der Waals surface area contributed by atoms with Crippen LogP contribution in [0, 0.1) is 5.82 Å². The molecule has 1 unspecified atom stereocenters. The zero-order valence-electron chi connectivity index (χ0n) is 19.1. The van der Waals surface area contributed by atoms with E-state index >= 15 is 0 Å². The van der Waals surface area contributed by atoms with E-state index in [4.69, 9.17) is 11.6 Å². The highest BCUT2D eigenvalue weighted by atomic mass is 35.5. The van der Waals surface area contributed by atoms with Crippen LogP contribution in [0.3, 0.4) is 0 Å². The Morgan fingerprint density at radius 1 is 1.19 bits per heavy atom. The molecule has 1 aliphatic rings. The quantitative estimate of drug-likeness (QED) is 0.406. The summed E-state index contributed by atoms with van der Waals surface area (Å²) in [7, 11) is 0. The van der Waals surface area contributed by atoms with E-state index in [2.05, 4.69) is 25.7 Å². The molecule has 0 spiro atoms. The number of pyridine rings is 1. The Morgan fingerprint density at radius 3 is 2.47 bits per heavy atom. The molecule has 1 fully saturated rings. The van der Waals surface area contributed by atoms with Crippen LogP contribution in [-0.4, -0.2) is 42.0 Å². The number of aromatic nitrogens is 1. The van der Waals surface area contributed by atoms with Gasteiger partial charge in [0.25, 0.3) is 0 Å². The van der Waals surface area contributed by atoms with Gasteiger partial charge in [0.05, 0.1) is 17.3 Å². The fraction of sp³-hybridized carbons (Fsp3) is 0.435. The second kappa shape index (κ2) is 11.3. The van der Waals surface area contributed by atoms with E-state index < -0.39 is 48.1 Å². The lowest BCUT2D eigenvalue weighted by molar-refractivity contribution is -0.253. The third kappa shape index (κ3) is 6.74. The normalized spacial score (nSPS) is 15.9. The number of nitrogens with one attached hydrogen (secondary N) is 3. The molecule has 0 aliphatic heterocycles. The number of alkyl halides is 4. The van der Waals surface area contributed by atoms with Gasteiger partial charge in [0.15, 0.2) is 0 Å². The fourth-order valence-electron chi connectivity index (χ4n) is 3.96. The Kier molecular flexibility index (Phi) is 8.59. The molecule has 0 radical (unpaired) electrons. The van der Waals surface area contributed by atoms with E-state index in [-0.39, 0.29) is 22.3 Å². The minimum absolute atomic E-state index is 0.0550. The number of halogens is 6. The number of ether oxygens (including phenoxy) is 1. The molecule has 3 N–H and O–H groups in total. The lowest BCUT2D eigenvalue weighted by Crippen LogP contribution is -2.57. The van der Waals surface area contributed by atoms with Gasteiger partial charge in [-0.1, -0.05) is 24.4 Å². The van der Waals surface area contributed by atoms with Crippen molar-refractivity contribution in [2.45, 2.75) is 56.7 Å². The van der Waals surface area contributed by atoms with E-state index in [1.54, 1.807) is 0 Å². The highest BCUT2D eigenvalue weighted by Crippen LogP contribution is 2.35. The monoisotopic (exact) mass is 534 g/mol. The van der Waals surface area contributed by atoms with E-state index in [9.17, 15) is 31.5 Å². The molecule has 3 rings (SSSR count). The summed E-state index contributed by atoms with van der Waals surface area (Å²) in [6.07, 6.45) is -4.53. The molecule has 1 aromatic carbocycles. The van der Waals surface area contributed by atoms with Crippen molar-refractivity contribution < 1.29 is 36.3 Å². The van der Waals surface area contributed by atoms with Crippen LogP contribution in [0.1, 0.15) is 43.9 Å². The first kappa shape index (κ1) is 27.4. The summed E-state index contributed by atoms with van der Waals surface area (Å²) in [5.41, 5.74) is -1.98. The van der Waals surface area contributed by atoms with Crippen molar-refractivity contribution >= 4 is 23.5 Å². The second-order valence-electron chi connectivity index (χ2n) is 8.40. The van der Waals surface area contributed by atoms with Gasteiger partial charge in [-0.25, -0.2) is 9.18 Å². The maximum Gasteiger partial charge on any atom is 0.461 e. The molecule has 196 valence electrons. The van der Waals surface area contributed by atoms with Crippen LogP contribution in [0.4, 0.5) is 26.7 Å². The van der Waals surface area contributed by atoms with Gasteiger partial charge in [-0.3, -0.25) is 9.78 Å². The largest absolute Gasteiger partial charge is 0.461 e. The number of benzene rings is 1. The van der Waals surface area contributed by atoms with Gasteiger partial charge in [-0.15, -0.1) is 0 Å². The zero-order valence-corrected chi connectivity index (χ0v) is 19.9. The average molecular weight is 535 g/mol. The predicted molar refractivity (Wildman–Crippen MR) is 121 cm³/mol. The predicted octanol–water partition coefficient (Wildman–Crippen LogP) is 4.73. The molecule has 2 aromatic rings. The van der Waals surface area contributed by atoms with E-state index in [1.807, 2.05) is 0 Å². The molecule has 0 saturated heterocycles. The summed E-state index contributed by atoms with van der Waals surface area (Å²) in [6.45, 7) is 0.797. The molecule has 1 heterocycles. The van der Waals surface area contributed by atoms with Crippen molar-refractivity contribution in [3.05, 3.63) is 58.6 Å². The Balaban J connectivity index is 2.12. The van der Waals surface area contributed by atoms with Crippen LogP contribution in [0.2, 0.25) is 5.02 Å². The van der Waals surface area contributed by atoms with Gasteiger partial charge < -0.3 is 20.7 Å². The molecule has 1 aliphatic carbocycles. The Morgan fingerprint density at radius 2 is 1.89 bits per heavy atom. The number of hydrogen-bond acceptors (Lipinski definition) is 4. The maximum absolute atomic E-state index is 14.6. The maximum atomic E-state index is 14.6. The summed E-state index contributed by atoms with van der Waals surface area (Å²) in [4.78, 5) is 29.0. The molecule has 7 nitrogen and oxygen atoms in total. The molecule has 0 bridgehead atoms. The molecule has 3 amide bonds. The molecule has 13 heteroatoms. The number of nitrogens with zero attached hydrogens (tertiary/aromatic N) is 1. The van der Waals surface area contributed by atoms with Crippen LogP contribution >= 0.6 is 11.6 Å². The van der Waals surface area contributed by atoms with Crippen LogP contribution in [0.5, 0.6) is 5.75 Å². The van der Waals surface area contributed by atoms with Crippen molar-refractivity contribution in [3.63, 3.8) is 0 Å². The molecule has 1 aromatic heterocycles. The highest BCUT2D eigenvalue weighted by molar-refractivity contribution is 6.30. The lowest BCUT2D eigenvalue weighted by Gasteiger charge is -2.36. The Bertz CT molecular complexity index is 1080. The van der Waals surface area contributed by atoms with Gasteiger partial charge in [0.2, 0.25) is 5.91 Å². The van der Waals surface area contributed by atoms with Crippen molar-refractivity contribution in [1.82, 2.24) is 20.9 Å². The van der Waals surface area contributed by atoms with Crippen molar-refractivity contribution in [2.75, 3.05) is 6.54 Å². The molecule has 36 heavy (non-hydrogen) atoms. The number of carbonyl (C=O) groups is 2. The fourth-order valence-corrected chi connectivity index (χ4v) is 4.07. The minimum atomic E-state index is -4.91. The first-order chi connectivity index (χ1) is 16.9. The summed E-state index contributed by atoms with van der Waals surface area (Å²) in [5, 5.41) is 8.21. The minimum Gasteiger partial charge on any atom is -0.428 e. The number of amides is 3. The van der Waals surface area contributed by atoms with Crippen molar-refractivity contribution in [3.8, 4) is 5.75 Å². The number of hydrogen-bond donors (Lipinski definition) is 3. The first-order valence-electron chi connectivity index (χ1n) is 11.0. The summed E-state index contributed by atoms with van der Waals surface area (Å²) in [6, 6.07) is 4.24. The van der Waals surface area contributed by atoms with Crippen LogP contribution < -0.4 is 20.7 Å². The van der Waals surface area contributed by atoms with Crippen LogP contribution in [-0.2, 0) is 10.3 Å². The smallest absolute Gasteiger partial charge is 0.428 e. The summed E-state index contributed by atoms with van der Waals surface area (Å²) in [5.74, 6) is -2.57. The van der Waals surface area contributed by atoms with Crippen LogP contribution in [0.15, 0.2) is 36.5 Å². The Hall–Kier alpha value is -3.15. The zero-order chi connectivity index (χ0) is 26.5. The third-order valence-electron chi connectivity index (χ3n) is 5.66. The third-order valence-corrected chi connectivity index (χ3v) is 5.88. The molecular weight excluding hydrogens is 511 g/mol. The lowest BCUT2D eigenvalue weighted by atomic mass is 9.85. The van der Waals surface area contributed by atoms with Crippen molar-refractivity contribution in [1.29, 1.82) is 0 Å². The van der Waals surface area contributed by atoms with Gasteiger partial charge >= 0.3 is 18.6 Å². The Labute approximate surface area is 208 Å². The second-order valence-corrected chi connectivity index (χ2v) is 8.83. The van der Waals surface area contributed by atoms with Crippen molar-refractivity contribution in [2.24, 2.45) is 0 Å². The standard InChI is InChI=1S/C23H24ClF5N4O3/c1-13(34)31-12-22(19-7-6-15(24)11-30-19,33-21(35)32-17-4-2-3-5-17)14-8-16(25)10-18(9-14)36-23(28,29)20(26)27/h6-11,17,20H,2-5,12H2,1H3,(H,31,34)(H2,32,33,35). The van der Waals surface area contributed by atoms with Crippen LogP contribution in [0.25, 0.3) is 0 Å². The average Bonchev–Trinajstić information content (AvgIpc) is 3.29.